The molecule has 2 fully saturated rings. The van der Waals surface area contributed by atoms with Gasteiger partial charge in [0.15, 0.2) is 0 Å². The molecule has 0 spiro atoms. The molecule has 0 atom stereocenters. The predicted molar refractivity (Wildman–Crippen MR) is 117 cm³/mol. The molecule has 0 amide bonds. The van der Waals surface area contributed by atoms with Gasteiger partial charge in [-0.2, -0.15) is 4.98 Å². The zero-order valence-corrected chi connectivity index (χ0v) is 18.2. The van der Waals surface area contributed by atoms with Gasteiger partial charge < -0.3 is 14.3 Å². The Morgan fingerprint density at radius 3 is 2.31 bits per heavy atom. The lowest BCUT2D eigenvalue weighted by Crippen LogP contribution is -2.47. The molecule has 0 N–H and O–H groups in total. The number of rotatable bonds is 6. The third kappa shape index (κ3) is 5.17. The highest BCUT2D eigenvalue weighted by atomic mass is 16.5. The smallest absolute Gasteiger partial charge is 0.229 e. The van der Waals surface area contributed by atoms with Crippen molar-refractivity contribution in [2.45, 2.75) is 39.0 Å². The van der Waals surface area contributed by atoms with Gasteiger partial charge in [0.2, 0.25) is 11.7 Å². The SMILES string of the molecule is CC(C)c1nc(-c2ccc(N3CCN(CCC4CCN(C)CC4)CC3)cc2)no1. The molecular weight excluding hydrogens is 362 g/mol. The second-order valence-electron chi connectivity index (χ2n) is 9.02. The first-order chi connectivity index (χ1) is 14.1. The highest BCUT2D eigenvalue weighted by Gasteiger charge is 2.21. The molecule has 0 saturated carbocycles. The first kappa shape index (κ1) is 20.4. The van der Waals surface area contributed by atoms with Gasteiger partial charge in [-0.1, -0.05) is 19.0 Å². The molecule has 158 valence electrons. The third-order valence-corrected chi connectivity index (χ3v) is 6.49. The molecule has 29 heavy (non-hydrogen) atoms. The molecule has 2 aliphatic heterocycles. The minimum absolute atomic E-state index is 0.256. The van der Waals surface area contributed by atoms with E-state index in [0.29, 0.717) is 11.7 Å². The number of hydrogen-bond donors (Lipinski definition) is 0. The Balaban J connectivity index is 1.25. The van der Waals surface area contributed by atoms with Crippen LogP contribution in [0.4, 0.5) is 5.69 Å². The van der Waals surface area contributed by atoms with Crippen LogP contribution in [0.5, 0.6) is 0 Å². The Labute approximate surface area is 174 Å². The molecule has 0 bridgehead atoms. The zero-order chi connectivity index (χ0) is 20.2. The van der Waals surface area contributed by atoms with E-state index in [1.165, 1.54) is 44.6 Å². The number of hydrogen-bond acceptors (Lipinski definition) is 6. The maximum Gasteiger partial charge on any atom is 0.229 e. The van der Waals surface area contributed by atoms with E-state index in [1.807, 2.05) is 0 Å². The quantitative estimate of drug-likeness (QED) is 0.741. The van der Waals surface area contributed by atoms with E-state index in [0.717, 1.165) is 37.7 Å². The van der Waals surface area contributed by atoms with E-state index in [1.54, 1.807) is 0 Å². The molecular formula is C23H35N5O. The molecule has 0 aliphatic carbocycles. The van der Waals surface area contributed by atoms with E-state index in [-0.39, 0.29) is 5.92 Å². The van der Waals surface area contributed by atoms with Crippen molar-refractivity contribution in [3.05, 3.63) is 30.2 Å². The largest absolute Gasteiger partial charge is 0.369 e. The summed E-state index contributed by atoms with van der Waals surface area (Å²) in [6.45, 7) is 12.5. The predicted octanol–water partition coefficient (Wildman–Crippen LogP) is 3.71. The number of anilines is 1. The third-order valence-electron chi connectivity index (χ3n) is 6.49. The van der Waals surface area contributed by atoms with Gasteiger partial charge in [0.25, 0.3) is 0 Å². The summed E-state index contributed by atoms with van der Waals surface area (Å²) >= 11 is 0. The summed E-state index contributed by atoms with van der Waals surface area (Å²) in [5.41, 5.74) is 2.30. The molecule has 1 aromatic heterocycles. The van der Waals surface area contributed by atoms with Crippen molar-refractivity contribution < 1.29 is 4.52 Å². The van der Waals surface area contributed by atoms with Gasteiger partial charge in [0.1, 0.15) is 0 Å². The minimum atomic E-state index is 0.256. The molecule has 3 heterocycles. The lowest BCUT2D eigenvalue weighted by atomic mass is 9.93. The molecule has 2 aromatic rings. The fourth-order valence-electron chi connectivity index (χ4n) is 4.35. The second-order valence-corrected chi connectivity index (χ2v) is 9.02. The average molecular weight is 398 g/mol. The van der Waals surface area contributed by atoms with Crippen molar-refractivity contribution in [1.82, 2.24) is 19.9 Å². The van der Waals surface area contributed by atoms with Crippen LogP contribution in [0.1, 0.15) is 44.9 Å². The number of nitrogens with zero attached hydrogens (tertiary/aromatic N) is 5. The van der Waals surface area contributed by atoms with Crippen molar-refractivity contribution in [2.75, 3.05) is 57.8 Å². The number of aromatic nitrogens is 2. The summed E-state index contributed by atoms with van der Waals surface area (Å²) in [5.74, 6) is 2.56. The maximum absolute atomic E-state index is 5.33. The number of piperidine rings is 1. The molecule has 6 heteroatoms. The maximum atomic E-state index is 5.33. The fraction of sp³-hybridized carbons (Fsp3) is 0.652. The van der Waals surface area contributed by atoms with Crippen LogP contribution in [0, 0.1) is 5.92 Å². The number of piperazine rings is 1. The van der Waals surface area contributed by atoms with Gasteiger partial charge in [0.05, 0.1) is 0 Å². The van der Waals surface area contributed by atoms with Gasteiger partial charge in [-0.25, -0.2) is 0 Å². The minimum Gasteiger partial charge on any atom is -0.369 e. The highest BCUT2D eigenvalue weighted by Crippen LogP contribution is 2.24. The normalized spacial score (nSPS) is 19.9. The van der Waals surface area contributed by atoms with Crippen LogP contribution in [0.15, 0.2) is 28.8 Å². The summed E-state index contributed by atoms with van der Waals surface area (Å²) < 4.78 is 5.33. The van der Waals surface area contributed by atoms with Gasteiger partial charge in [-0.15, -0.1) is 0 Å². The first-order valence-corrected chi connectivity index (χ1v) is 11.2. The van der Waals surface area contributed by atoms with Gasteiger partial charge in [0, 0.05) is 43.3 Å². The van der Waals surface area contributed by atoms with Crippen molar-refractivity contribution in [3.8, 4) is 11.4 Å². The van der Waals surface area contributed by atoms with E-state index in [9.17, 15) is 0 Å². The average Bonchev–Trinajstić information content (AvgIpc) is 3.25. The molecule has 6 nitrogen and oxygen atoms in total. The van der Waals surface area contributed by atoms with E-state index in [4.69, 9.17) is 4.52 Å². The fourth-order valence-corrected chi connectivity index (χ4v) is 4.35. The van der Waals surface area contributed by atoms with Crippen molar-refractivity contribution >= 4 is 5.69 Å². The molecule has 0 radical (unpaired) electrons. The van der Waals surface area contributed by atoms with Crippen LogP contribution in [0.2, 0.25) is 0 Å². The van der Waals surface area contributed by atoms with Crippen LogP contribution >= 0.6 is 0 Å². The highest BCUT2D eigenvalue weighted by molar-refractivity contribution is 5.60. The van der Waals surface area contributed by atoms with Gasteiger partial charge in [-0.3, -0.25) is 4.90 Å². The van der Waals surface area contributed by atoms with Crippen LogP contribution in [-0.4, -0.2) is 72.8 Å². The van der Waals surface area contributed by atoms with Crippen LogP contribution in [0.25, 0.3) is 11.4 Å². The molecule has 1 aromatic carbocycles. The molecule has 4 rings (SSSR count). The van der Waals surface area contributed by atoms with Crippen LogP contribution in [-0.2, 0) is 0 Å². The topological polar surface area (TPSA) is 48.6 Å². The second kappa shape index (κ2) is 9.26. The van der Waals surface area contributed by atoms with Gasteiger partial charge in [-0.05, 0) is 76.1 Å². The Morgan fingerprint density at radius 2 is 1.69 bits per heavy atom. The summed E-state index contributed by atoms with van der Waals surface area (Å²) in [5, 5.41) is 4.11. The van der Waals surface area contributed by atoms with Crippen molar-refractivity contribution in [1.29, 1.82) is 0 Å². The lowest BCUT2D eigenvalue weighted by Gasteiger charge is -2.37. The standard InChI is InChI=1S/C23H35N5O/c1-18(2)23-24-22(25-29-23)20-4-6-21(7-5-20)28-16-14-27(15-17-28)13-10-19-8-11-26(3)12-9-19/h4-7,18-19H,8-17H2,1-3H3. The van der Waals surface area contributed by atoms with Crippen LogP contribution < -0.4 is 4.90 Å². The van der Waals surface area contributed by atoms with E-state index in [2.05, 4.69) is 70.0 Å². The summed E-state index contributed by atoms with van der Waals surface area (Å²) in [7, 11) is 2.24. The molecule has 2 saturated heterocycles. The molecule has 2 aliphatic rings. The Bertz CT molecular complexity index is 756. The van der Waals surface area contributed by atoms with Gasteiger partial charge >= 0.3 is 0 Å². The Morgan fingerprint density at radius 1 is 1.00 bits per heavy atom. The molecule has 0 unspecified atom stereocenters. The Kier molecular flexibility index (Phi) is 6.50. The zero-order valence-electron chi connectivity index (χ0n) is 18.2. The number of benzene rings is 1. The first-order valence-electron chi connectivity index (χ1n) is 11.2. The van der Waals surface area contributed by atoms with Crippen molar-refractivity contribution in [2.24, 2.45) is 5.92 Å². The lowest BCUT2D eigenvalue weighted by molar-refractivity contribution is 0.182. The summed E-state index contributed by atoms with van der Waals surface area (Å²) in [4.78, 5) is 12.1. The van der Waals surface area contributed by atoms with E-state index >= 15 is 0 Å². The van der Waals surface area contributed by atoms with Crippen molar-refractivity contribution in [3.63, 3.8) is 0 Å². The van der Waals surface area contributed by atoms with E-state index < -0.39 is 0 Å². The summed E-state index contributed by atoms with van der Waals surface area (Å²) in [6.07, 6.45) is 4.12. The number of likely N-dealkylation sites (tertiary alicyclic amines) is 1. The van der Waals surface area contributed by atoms with Crippen LogP contribution in [0.3, 0.4) is 0 Å². The monoisotopic (exact) mass is 397 g/mol. The summed E-state index contributed by atoms with van der Waals surface area (Å²) in [6, 6.07) is 8.59. The Hall–Kier alpha value is -1.92.